The van der Waals surface area contributed by atoms with Gasteiger partial charge in [0, 0.05) is 25.7 Å². The minimum absolute atomic E-state index is 0.397. The van der Waals surface area contributed by atoms with Gasteiger partial charge < -0.3 is 5.32 Å². The van der Waals surface area contributed by atoms with Gasteiger partial charge in [-0.3, -0.25) is 0 Å². The van der Waals surface area contributed by atoms with Crippen LogP contribution in [0.25, 0.3) is 0 Å². The van der Waals surface area contributed by atoms with Gasteiger partial charge in [-0.15, -0.1) is 9.60 Å². The van der Waals surface area contributed by atoms with Crippen molar-refractivity contribution in [1.82, 2.24) is 10.4 Å². The average molecular weight is 230 g/mol. The Morgan fingerprint density at radius 1 is 1.31 bits per heavy atom. The summed E-state index contributed by atoms with van der Waals surface area (Å²) in [5, 5.41) is 4.46. The van der Waals surface area contributed by atoms with E-state index >= 15 is 0 Å². The fourth-order valence-corrected chi connectivity index (χ4v) is 2.38. The number of hydrogen-bond acceptors (Lipinski definition) is 2. The zero-order valence-corrected chi connectivity index (χ0v) is 11.1. The first kappa shape index (κ1) is 13.9. The van der Waals surface area contributed by atoms with Crippen LogP contribution in [0.3, 0.4) is 0 Å². The predicted molar refractivity (Wildman–Crippen MR) is 67.0 cm³/mol. The van der Waals surface area contributed by atoms with E-state index < -0.39 is 0 Å². The molecule has 1 aliphatic heterocycles. The molecule has 0 aromatic heterocycles. The van der Waals surface area contributed by atoms with E-state index in [4.69, 9.17) is 0 Å². The van der Waals surface area contributed by atoms with Crippen LogP contribution in [0.2, 0.25) is 0 Å². The van der Waals surface area contributed by atoms with E-state index in [-0.39, 0.29) is 0 Å². The summed E-state index contributed by atoms with van der Waals surface area (Å²) in [4.78, 5) is 0. The Labute approximate surface area is 99.5 Å². The molecule has 1 atom stereocenters. The first-order valence-corrected chi connectivity index (χ1v) is 6.67. The van der Waals surface area contributed by atoms with Gasteiger partial charge in [-0.05, 0) is 24.7 Å². The van der Waals surface area contributed by atoms with Gasteiger partial charge in [-0.2, -0.15) is 0 Å². The van der Waals surface area contributed by atoms with Crippen molar-refractivity contribution in [3.8, 4) is 0 Å². The highest BCUT2D eigenvalue weighted by Gasteiger charge is 2.30. The van der Waals surface area contributed by atoms with Crippen LogP contribution in [0.5, 0.6) is 0 Å². The summed E-state index contributed by atoms with van der Waals surface area (Å²) in [5.74, 6) is 0. The molecule has 0 amide bonds. The van der Waals surface area contributed by atoms with Gasteiger partial charge in [0.15, 0.2) is 0 Å². The van der Waals surface area contributed by atoms with E-state index in [1.807, 2.05) is 0 Å². The highest BCUT2D eigenvalue weighted by molar-refractivity contribution is 4.87. The van der Waals surface area contributed by atoms with Crippen molar-refractivity contribution in [2.75, 3.05) is 19.6 Å². The van der Waals surface area contributed by atoms with Gasteiger partial charge in [0.25, 0.3) is 0 Å². The third-order valence-electron chi connectivity index (χ3n) is 3.39. The number of nitrogens with zero attached hydrogens (tertiary/aromatic N) is 1. The van der Waals surface area contributed by atoms with Crippen LogP contribution in [-0.4, -0.2) is 30.8 Å². The maximum atomic E-state index is 13.4. The molecule has 16 heavy (non-hydrogen) atoms. The summed E-state index contributed by atoms with van der Waals surface area (Å²) in [6.45, 7) is 8.94. The normalized spacial score (nSPS) is 24.2. The summed E-state index contributed by atoms with van der Waals surface area (Å²) in [5.41, 5.74) is 0.397. The van der Waals surface area contributed by atoms with Crippen molar-refractivity contribution < 1.29 is 4.48 Å². The average Bonchev–Trinajstić information content (AvgIpc) is 2.56. The van der Waals surface area contributed by atoms with Gasteiger partial charge >= 0.3 is 0 Å². The fraction of sp³-hybridized carbons (Fsp3) is 1.00. The third kappa shape index (κ3) is 5.26. The van der Waals surface area contributed by atoms with Gasteiger partial charge in [0.05, 0.1) is 0 Å². The molecule has 0 aromatic rings. The number of unbranched alkanes of at least 4 members (excludes halogenated alkanes) is 2. The topological polar surface area (TPSA) is 15.3 Å². The largest absolute Gasteiger partial charge is 0.313 e. The Bertz CT molecular complexity index is 194. The molecule has 0 radical (unpaired) electrons. The smallest absolute Gasteiger partial charge is 0.0305 e. The molecule has 0 saturated carbocycles. The summed E-state index contributed by atoms with van der Waals surface area (Å²) in [6.07, 6.45) is 5.39. The molecular formula is C13H27FN2. The zero-order chi connectivity index (χ0) is 12.0. The third-order valence-corrected chi connectivity index (χ3v) is 3.39. The van der Waals surface area contributed by atoms with Crippen molar-refractivity contribution in [3.05, 3.63) is 0 Å². The van der Waals surface area contributed by atoms with Crippen molar-refractivity contribution in [3.63, 3.8) is 0 Å². The Morgan fingerprint density at radius 3 is 2.62 bits per heavy atom. The molecule has 0 spiro atoms. The second-order valence-electron chi connectivity index (χ2n) is 5.85. The molecule has 0 aromatic carbocycles. The van der Waals surface area contributed by atoms with Crippen LogP contribution in [0, 0.1) is 5.41 Å². The Kier molecular flexibility index (Phi) is 5.70. The fourth-order valence-electron chi connectivity index (χ4n) is 2.38. The molecule has 0 bridgehead atoms. The van der Waals surface area contributed by atoms with E-state index in [1.165, 1.54) is 6.42 Å². The van der Waals surface area contributed by atoms with E-state index in [2.05, 4.69) is 26.1 Å². The second kappa shape index (κ2) is 6.55. The van der Waals surface area contributed by atoms with Crippen LogP contribution in [0.1, 0.15) is 52.9 Å². The zero-order valence-electron chi connectivity index (χ0n) is 11.1. The molecule has 1 aliphatic rings. The lowest BCUT2D eigenvalue weighted by Gasteiger charge is -2.17. The minimum atomic E-state index is 0.397. The Hall–Kier alpha value is -0.150. The lowest BCUT2D eigenvalue weighted by Crippen LogP contribution is -2.27. The summed E-state index contributed by atoms with van der Waals surface area (Å²) < 4.78 is 13.4. The van der Waals surface area contributed by atoms with Gasteiger partial charge in [0.1, 0.15) is 0 Å². The molecule has 2 nitrogen and oxygen atoms in total. The molecule has 1 saturated heterocycles. The van der Waals surface area contributed by atoms with Crippen LogP contribution in [0.4, 0.5) is 4.48 Å². The van der Waals surface area contributed by atoms with Crippen molar-refractivity contribution in [2.45, 2.75) is 58.9 Å². The number of hydrogen-bond donors (Lipinski definition) is 1. The van der Waals surface area contributed by atoms with Crippen molar-refractivity contribution in [1.29, 1.82) is 0 Å². The summed E-state index contributed by atoms with van der Waals surface area (Å²) >= 11 is 0. The molecule has 0 aliphatic carbocycles. The van der Waals surface area contributed by atoms with Crippen LogP contribution >= 0.6 is 0 Å². The standard InChI is InChI=1S/C13H27FN2/c1-4-5-6-8-16(14)9-7-12-10-13(2,3)11-15-12/h12,15H,4-11H2,1-3H3. The molecule has 1 fully saturated rings. The van der Waals surface area contributed by atoms with Crippen LogP contribution in [-0.2, 0) is 0 Å². The van der Waals surface area contributed by atoms with E-state index in [0.717, 1.165) is 37.4 Å². The van der Waals surface area contributed by atoms with E-state index in [9.17, 15) is 4.48 Å². The molecule has 96 valence electrons. The second-order valence-corrected chi connectivity index (χ2v) is 5.85. The summed E-state index contributed by atoms with van der Waals surface area (Å²) in [7, 11) is 0. The number of rotatable bonds is 7. The Balaban J connectivity index is 2.06. The van der Waals surface area contributed by atoms with E-state index in [1.54, 1.807) is 0 Å². The van der Waals surface area contributed by atoms with Gasteiger partial charge in [0.2, 0.25) is 0 Å². The molecule has 1 rings (SSSR count). The van der Waals surface area contributed by atoms with Crippen LogP contribution in [0.15, 0.2) is 0 Å². The summed E-state index contributed by atoms with van der Waals surface area (Å²) in [6, 6.07) is 0.513. The molecule has 1 unspecified atom stereocenters. The maximum absolute atomic E-state index is 13.4. The quantitative estimate of drug-likeness (QED) is 0.534. The minimum Gasteiger partial charge on any atom is -0.313 e. The predicted octanol–water partition coefficient (Wildman–Crippen LogP) is 3.14. The maximum Gasteiger partial charge on any atom is 0.0305 e. The highest BCUT2D eigenvalue weighted by Crippen LogP contribution is 2.28. The van der Waals surface area contributed by atoms with E-state index in [0.29, 0.717) is 24.5 Å². The van der Waals surface area contributed by atoms with Gasteiger partial charge in [-0.25, -0.2) is 0 Å². The lowest BCUT2D eigenvalue weighted by molar-refractivity contribution is 0.0199. The lowest BCUT2D eigenvalue weighted by atomic mass is 9.90. The van der Waals surface area contributed by atoms with Crippen molar-refractivity contribution in [2.24, 2.45) is 5.41 Å². The highest BCUT2D eigenvalue weighted by atomic mass is 19.2. The number of halogens is 1. The monoisotopic (exact) mass is 230 g/mol. The molecule has 1 heterocycles. The SMILES string of the molecule is CCCCCN(F)CCC1CC(C)(C)CN1. The Morgan fingerprint density at radius 2 is 2.06 bits per heavy atom. The van der Waals surface area contributed by atoms with Crippen molar-refractivity contribution >= 4 is 0 Å². The first-order chi connectivity index (χ1) is 7.53. The number of nitrogens with one attached hydrogen (secondary N) is 1. The molecule has 3 heteroatoms. The van der Waals surface area contributed by atoms with Crippen LogP contribution < -0.4 is 5.32 Å². The first-order valence-electron chi connectivity index (χ1n) is 6.67. The molecule has 1 N–H and O–H groups in total. The van der Waals surface area contributed by atoms with Gasteiger partial charge in [-0.1, -0.05) is 33.6 Å². The molecular weight excluding hydrogens is 203 g/mol.